The van der Waals surface area contributed by atoms with Crippen LogP contribution < -0.4 is 4.31 Å². The molecule has 118 valence electrons. The van der Waals surface area contributed by atoms with Crippen LogP contribution in [0.4, 0.5) is 5.69 Å². The Labute approximate surface area is 145 Å². The van der Waals surface area contributed by atoms with Gasteiger partial charge in [-0.1, -0.05) is 23.2 Å². The van der Waals surface area contributed by atoms with Crippen LogP contribution in [0.5, 0.6) is 0 Å². The molecule has 0 aliphatic rings. The molecule has 0 spiro atoms. The van der Waals surface area contributed by atoms with Gasteiger partial charge < -0.3 is 0 Å². The molecule has 2 aromatic rings. The molecule has 0 fully saturated rings. The van der Waals surface area contributed by atoms with Gasteiger partial charge in [0, 0.05) is 16.5 Å². The minimum Gasteiger partial charge on any atom is -0.265 e. The van der Waals surface area contributed by atoms with Crippen LogP contribution in [0.2, 0.25) is 10.0 Å². The molecule has 0 aromatic heterocycles. The van der Waals surface area contributed by atoms with E-state index in [9.17, 15) is 8.42 Å². The summed E-state index contributed by atoms with van der Waals surface area (Å²) in [6.07, 6.45) is 1.94. The maximum absolute atomic E-state index is 12.8. The molecule has 0 atom stereocenters. The van der Waals surface area contributed by atoms with E-state index in [4.69, 9.17) is 23.2 Å². The highest BCUT2D eigenvalue weighted by Crippen LogP contribution is 2.33. The van der Waals surface area contributed by atoms with Gasteiger partial charge in [0.15, 0.2) is 0 Å². The second-order valence-corrected chi connectivity index (χ2v) is 8.03. The second-order valence-electron chi connectivity index (χ2n) is 4.44. The number of anilines is 1. The molecule has 0 saturated carbocycles. The van der Waals surface area contributed by atoms with Crippen molar-refractivity contribution >= 4 is 50.7 Å². The van der Waals surface area contributed by atoms with Gasteiger partial charge in [-0.25, -0.2) is 8.42 Å². The van der Waals surface area contributed by atoms with Crippen molar-refractivity contribution in [1.29, 1.82) is 0 Å². The smallest absolute Gasteiger partial charge is 0.264 e. The van der Waals surface area contributed by atoms with Gasteiger partial charge in [-0.2, -0.15) is 0 Å². The summed E-state index contributed by atoms with van der Waals surface area (Å²) in [6.45, 7) is 2.01. The van der Waals surface area contributed by atoms with Crippen LogP contribution in [0.15, 0.2) is 52.3 Å². The Bertz CT molecular complexity index is 762. The lowest BCUT2D eigenvalue weighted by Gasteiger charge is -2.24. The fraction of sp³-hybridized carbons (Fsp3) is 0.200. The highest BCUT2D eigenvalue weighted by molar-refractivity contribution is 7.98. The van der Waals surface area contributed by atoms with Crippen LogP contribution in [0.1, 0.15) is 6.92 Å². The van der Waals surface area contributed by atoms with Crippen molar-refractivity contribution in [3.8, 4) is 0 Å². The topological polar surface area (TPSA) is 37.4 Å². The minimum atomic E-state index is -3.69. The van der Waals surface area contributed by atoms with Crippen molar-refractivity contribution in [3.63, 3.8) is 0 Å². The van der Waals surface area contributed by atoms with E-state index < -0.39 is 10.0 Å². The van der Waals surface area contributed by atoms with Gasteiger partial charge in [-0.05, 0) is 55.6 Å². The molecule has 0 aliphatic heterocycles. The number of hydrogen-bond donors (Lipinski definition) is 0. The predicted octanol–water partition coefficient (Wildman–Crippen LogP) is 4.93. The van der Waals surface area contributed by atoms with Crippen molar-refractivity contribution in [2.75, 3.05) is 17.1 Å². The highest BCUT2D eigenvalue weighted by atomic mass is 35.5. The van der Waals surface area contributed by atoms with Gasteiger partial charge in [0.25, 0.3) is 10.0 Å². The summed E-state index contributed by atoms with van der Waals surface area (Å²) in [7, 11) is -3.69. The Morgan fingerprint density at radius 2 is 1.73 bits per heavy atom. The van der Waals surface area contributed by atoms with E-state index in [0.29, 0.717) is 15.7 Å². The maximum atomic E-state index is 12.8. The fourth-order valence-electron chi connectivity index (χ4n) is 2.02. The number of sulfonamides is 1. The molecular formula is C15H15Cl2NO2S2. The predicted molar refractivity (Wildman–Crippen MR) is 94.9 cm³/mol. The zero-order valence-electron chi connectivity index (χ0n) is 12.1. The normalized spacial score (nSPS) is 11.5. The van der Waals surface area contributed by atoms with Gasteiger partial charge in [0.1, 0.15) is 0 Å². The number of benzene rings is 2. The number of rotatable bonds is 5. The number of thioether (sulfide) groups is 1. The van der Waals surface area contributed by atoms with Gasteiger partial charge in [-0.15, -0.1) is 11.8 Å². The van der Waals surface area contributed by atoms with Gasteiger partial charge in [0.05, 0.1) is 15.6 Å². The summed E-state index contributed by atoms with van der Waals surface area (Å²) < 4.78 is 26.9. The zero-order valence-corrected chi connectivity index (χ0v) is 15.2. The zero-order chi connectivity index (χ0) is 16.3. The van der Waals surface area contributed by atoms with Crippen molar-refractivity contribution in [2.45, 2.75) is 16.7 Å². The van der Waals surface area contributed by atoms with E-state index in [0.717, 1.165) is 4.90 Å². The first-order chi connectivity index (χ1) is 10.4. The first kappa shape index (κ1) is 17.5. The Kier molecular flexibility index (Phi) is 5.66. The van der Waals surface area contributed by atoms with Crippen molar-refractivity contribution in [3.05, 3.63) is 52.5 Å². The third-order valence-electron chi connectivity index (χ3n) is 3.11. The van der Waals surface area contributed by atoms with Crippen molar-refractivity contribution in [1.82, 2.24) is 0 Å². The van der Waals surface area contributed by atoms with Crippen molar-refractivity contribution < 1.29 is 8.42 Å². The summed E-state index contributed by atoms with van der Waals surface area (Å²) in [5, 5.41) is 0.779. The quantitative estimate of drug-likeness (QED) is 0.695. The molecule has 0 heterocycles. The molecule has 0 saturated heterocycles. The third-order valence-corrected chi connectivity index (χ3v) is 6.31. The molecule has 0 amide bonds. The average molecular weight is 376 g/mol. The number of halogens is 2. The lowest BCUT2D eigenvalue weighted by molar-refractivity contribution is 0.592. The Balaban J connectivity index is 2.50. The summed E-state index contributed by atoms with van der Waals surface area (Å²) in [5.74, 6) is 0. The number of hydrogen-bond acceptors (Lipinski definition) is 3. The first-order valence-electron chi connectivity index (χ1n) is 6.52. The molecule has 22 heavy (non-hydrogen) atoms. The standard InChI is InChI=1S/C15H15Cl2NO2S2/c1-3-18(15-10-11(16)4-9-14(15)17)22(19,20)13-7-5-12(21-2)6-8-13/h4-10H,3H2,1-2H3. The van der Waals surface area contributed by atoms with Crippen LogP contribution >= 0.6 is 35.0 Å². The molecule has 2 aromatic carbocycles. The van der Waals surface area contributed by atoms with Crippen LogP contribution in [0, 0.1) is 0 Å². The average Bonchev–Trinajstić information content (AvgIpc) is 2.51. The Morgan fingerprint density at radius 1 is 1.09 bits per heavy atom. The van der Waals surface area contributed by atoms with E-state index in [1.54, 1.807) is 61.2 Å². The highest BCUT2D eigenvalue weighted by Gasteiger charge is 2.25. The van der Waals surface area contributed by atoms with Crippen LogP contribution in [0.25, 0.3) is 0 Å². The monoisotopic (exact) mass is 375 g/mol. The van der Waals surface area contributed by atoms with Crippen LogP contribution in [-0.4, -0.2) is 21.2 Å². The lowest BCUT2D eigenvalue weighted by atomic mass is 10.3. The lowest BCUT2D eigenvalue weighted by Crippen LogP contribution is -2.31. The Morgan fingerprint density at radius 3 is 2.27 bits per heavy atom. The third kappa shape index (κ3) is 3.54. The molecule has 0 aliphatic carbocycles. The molecule has 3 nitrogen and oxygen atoms in total. The van der Waals surface area contributed by atoms with E-state index in [1.807, 2.05) is 6.26 Å². The van der Waals surface area contributed by atoms with Gasteiger partial charge in [0.2, 0.25) is 0 Å². The number of nitrogens with zero attached hydrogens (tertiary/aromatic N) is 1. The molecule has 0 bridgehead atoms. The maximum Gasteiger partial charge on any atom is 0.264 e. The SMILES string of the molecule is CCN(c1cc(Cl)ccc1Cl)S(=O)(=O)c1ccc(SC)cc1. The van der Waals surface area contributed by atoms with E-state index in [1.165, 1.54) is 4.31 Å². The van der Waals surface area contributed by atoms with E-state index in [-0.39, 0.29) is 11.4 Å². The molecule has 0 N–H and O–H groups in total. The first-order valence-corrected chi connectivity index (χ1v) is 9.94. The molecule has 7 heteroatoms. The molecule has 0 unspecified atom stereocenters. The molecule has 0 radical (unpaired) electrons. The summed E-state index contributed by atoms with van der Waals surface area (Å²) in [4.78, 5) is 1.23. The summed E-state index contributed by atoms with van der Waals surface area (Å²) >= 11 is 13.7. The van der Waals surface area contributed by atoms with Gasteiger partial charge >= 0.3 is 0 Å². The van der Waals surface area contributed by atoms with Crippen LogP contribution in [-0.2, 0) is 10.0 Å². The van der Waals surface area contributed by atoms with Crippen LogP contribution in [0.3, 0.4) is 0 Å². The van der Waals surface area contributed by atoms with Crippen molar-refractivity contribution in [2.24, 2.45) is 0 Å². The summed E-state index contributed by atoms with van der Waals surface area (Å²) in [5.41, 5.74) is 0.380. The summed E-state index contributed by atoms with van der Waals surface area (Å²) in [6, 6.07) is 11.5. The van der Waals surface area contributed by atoms with E-state index >= 15 is 0 Å². The molecular weight excluding hydrogens is 361 g/mol. The fourth-order valence-corrected chi connectivity index (χ4v) is 4.35. The second kappa shape index (κ2) is 7.13. The largest absolute Gasteiger partial charge is 0.265 e. The van der Waals surface area contributed by atoms with E-state index in [2.05, 4.69) is 0 Å². The Hall–Kier alpha value is -0.880. The van der Waals surface area contributed by atoms with Gasteiger partial charge in [-0.3, -0.25) is 4.31 Å². The molecule has 2 rings (SSSR count). The minimum absolute atomic E-state index is 0.225.